The number of anilines is 1. The van der Waals surface area contributed by atoms with Crippen molar-refractivity contribution in [3.8, 4) is 0 Å². The van der Waals surface area contributed by atoms with E-state index in [4.69, 9.17) is 5.73 Å². The van der Waals surface area contributed by atoms with Gasteiger partial charge in [0.05, 0.1) is 5.92 Å². The summed E-state index contributed by atoms with van der Waals surface area (Å²) in [5.74, 6) is -0.260. The molecule has 2 rings (SSSR count). The van der Waals surface area contributed by atoms with Crippen molar-refractivity contribution < 1.29 is 9.59 Å². The zero-order chi connectivity index (χ0) is 13.8. The lowest BCUT2D eigenvalue weighted by molar-refractivity contribution is -0.121. The lowest BCUT2D eigenvalue weighted by Gasteiger charge is -2.30. The van der Waals surface area contributed by atoms with Crippen LogP contribution < -0.4 is 11.1 Å². The monoisotopic (exact) mass is 325 g/mol. The van der Waals surface area contributed by atoms with E-state index in [1.54, 1.807) is 0 Å². The molecule has 102 valence electrons. The topological polar surface area (TPSA) is 75.4 Å². The van der Waals surface area contributed by atoms with Gasteiger partial charge in [0.25, 0.3) is 0 Å². The van der Waals surface area contributed by atoms with Gasteiger partial charge >= 0.3 is 6.03 Å². The molecule has 0 aromatic heterocycles. The molecule has 1 saturated heterocycles. The van der Waals surface area contributed by atoms with Gasteiger partial charge in [0.1, 0.15) is 0 Å². The van der Waals surface area contributed by atoms with E-state index in [0.717, 1.165) is 23.0 Å². The quantitative estimate of drug-likeness (QED) is 0.874. The number of halogens is 1. The third kappa shape index (κ3) is 3.70. The van der Waals surface area contributed by atoms with Crippen LogP contribution in [0, 0.1) is 5.92 Å². The largest absolute Gasteiger partial charge is 0.351 e. The first-order valence-corrected chi connectivity index (χ1v) is 6.96. The number of benzene rings is 1. The van der Waals surface area contributed by atoms with Gasteiger partial charge in [-0.3, -0.25) is 4.79 Å². The lowest BCUT2D eigenvalue weighted by atomic mass is 9.97. The smallest absolute Gasteiger partial charge is 0.314 e. The third-order valence-corrected chi connectivity index (χ3v) is 3.69. The second kappa shape index (κ2) is 6.06. The number of hydrogen-bond donors (Lipinski definition) is 2. The predicted octanol–water partition coefficient (Wildman–Crippen LogP) is 2.18. The minimum atomic E-state index is -0.458. The summed E-state index contributed by atoms with van der Waals surface area (Å²) in [7, 11) is 0. The van der Waals surface area contributed by atoms with E-state index < -0.39 is 6.03 Å². The first-order chi connectivity index (χ1) is 9.06. The second-order valence-electron chi connectivity index (χ2n) is 4.62. The molecular weight excluding hydrogens is 310 g/mol. The fourth-order valence-corrected chi connectivity index (χ4v) is 2.60. The van der Waals surface area contributed by atoms with E-state index >= 15 is 0 Å². The summed E-state index contributed by atoms with van der Waals surface area (Å²) in [6, 6.07) is 6.96. The van der Waals surface area contributed by atoms with Crippen LogP contribution in [0.3, 0.4) is 0 Å². The molecule has 1 aromatic rings. The SMILES string of the molecule is NC(=O)N1CCC[C@@H](C(=O)Nc2cccc(Br)c2)C1. The number of primary amides is 1. The van der Waals surface area contributed by atoms with E-state index in [1.807, 2.05) is 24.3 Å². The summed E-state index contributed by atoms with van der Waals surface area (Å²) in [5.41, 5.74) is 6.00. The highest BCUT2D eigenvalue weighted by Gasteiger charge is 2.27. The Morgan fingerprint density at radius 1 is 1.42 bits per heavy atom. The molecule has 1 fully saturated rings. The number of likely N-dealkylation sites (tertiary alicyclic amines) is 1. The van der Waals surface area contributed by atoms with Gasteiger partial charge in [0.2, 0.25) is 5.91 Å². The number of nitrogens with one attached hydrogen (secondary N) is 1. The highest BCUT2D eigenvalue weighted by atomic mass is 79.9. The van der Waals surface area contributed by atoms with Crippen LogP contribution >= 0.6 is 15.9 Å². The van der Waals surface area contributed by atoms with Crippen molar-refractivity contribution in [1.82, 2.24) is 4.90 Å². The molecule has 3 N–H and O–H groups in total. The molecule has 1 aliphatic heterocycles. The van der Waals surface area contributed by atoms with Gasteiger partial charge in [-0.2, -0.15) is 0 Å². The number of nitrogens with zero attached hydrogens (tertiary/aromatic N) is 1. The van der Waals surface area contributed by atoms with Gasteiger partial charge in [-0.05, 0) is 31.0 Å². The van der Waals surface area contributed by atoms with Crippen LogP contribution in [0.5, 0.6) is 0 Å². The number of urea groups is 1. The number of nitrogens with two attached hydrogens (primary N) is 1. The normalized spacial score (nSPS) is 19.0. The number of carbonyl (C=O) groups is 2. The zero-order valence-corrected chi connectivity index (χ0v) is 12.0. The van der Waals surface area contributed by atoms with E-state index in [9.17, 15) is 9.59 Å². The Morgan fingerprint density at radius 3 is 2.89 bits per heavy atom. The number of carbonyl (C=O) groups excluding carboxylic acids is 2. The summed E-state index contributed by atoms with van der Waals surface area (Å²) in [4.78, 5) is 24.8. The van der Waals surface area contributed by atoms with Crippen LogP contribution in [0.1, 0.15) is 12.8 Å². The molecule has 0 bridgehead atoms. The van der Waals surface area contributed by atoms with E-state index in [-0.39, 0.29) is 11.8 Å². The molecule has 0 radical (unpaired) electrons. The molecule has 0 saturated carbocycles. The van der Waals surface area contributed by atoms with Crippen molar-refractivity contribution in [2.24, 2.45) is 11.7 Å². The second-order valence-corrected chi connectivity index (χ2v) is 5.54. The van der Waals surface area contributed by atoms with Crippen LogP contribution in [0.15, 0.2) is 28.7 Å². The van der Waals surface area contributed by atoms with Gasteiger partial charge in [0, 0.05) is 23.2 Å². The Labute approximate surface area is 120 Å². The molecule has 1 aromatic carbocycles. The van der Waals surface area contributed by atoms with Gasteiger partial charge in [0.15, 0.2) is 0 Å². The van der Waals surface area contributed by atoms with Crippen LogP contribution in [-0.4, -0.2) is 29.9 Å². The van der Waals surface area contributed by atoms with Gasteiger partial charge < -0.3 is 16.0 Å². The Kier molecular flexibility index (Phi) is 4.42. The minimum absolute atomic E-state index is 0.0657. The summed E-state index contributed by atoms with van der Waals surface area (Å²) in [6.07, 6.45) is 1.59. The maximum absolute atomic E-state index is 12.1. The Bertz CT molecular complexity index is 493. The van der Waals surface area contributed by atoms with Crippen molar-refractivity contribution in [2.75, 3.05) is 18.4 Å². The molecule has 0 aliphatic carbocycles. The molecule has 0 unspecified atom stereocenters. The number of hydrogen-bond acceptors (Lipinski definition) is 2. The predicted molar refractivity (Wildman–Crippen MR) is 76.7 cm³/mol. The van der Waals surface area contributed by atoms with Crippen molar-refractivity contribution in [1.29, 1.82) is 0 Å². The Hall–Kier alpha value is -1.56. The first-order valence-electron chi connectivity index (χ1n) is 6.17. The van der Waals surface area contributed by atoms with Crippen molar-refractivity contribution >= 4 is 33.6 Å². The Balaban J connectivity index is 1.98. The Morgan fingerprint density at radius 2 is 2.21 bits per heavy atom. The first kappa shape index (κ1) is 13.9. The zero-order valence-electron chi connectivity index (χ0n) is 10.4. The average Bonchev–Trinajstić information content (AvgIpc) is 2.39. The minimum Gasteiger partial charge on any atom is -0.351 e. The highest BCUT2D eigenvalue weighted by Crippen LogP contribution is 2.20. The van der Waals surface area contributed by atoms with Crippen molar-refractivity contribution in [2.45, 2.75) is 12.8 Å². The average molecular weight is 326 g/mol. The van der Waals surface area contributed by atoms with Gasteiger partial charge in [-0.1, -0.05) is 22.0 Å². The molecule has 1 heterocycles. The number of piperidine rings is 1. The molecule has 1 atom stereocenters. The highest BCUT2D eigenvalue weighted by molar-refractivity contribution is 9.10. The van der Waals surface area contributed by atoms with E-state index in [2.05, 4.69) is 21.2 Å². The number of rotatable bonds is 2. The molecule has 1 aliphatic rings. The summed E-state index contributed by atoms with van der Waals surface area (Å²) in [6.45, 7) is 1.03. The van der Waals surface area contributed by atoms with Gasteiger partial charge in [-0.25, -0.2) is 4.79 Å². The number of amides is 3. The van der Waals surface area contributed by atoms with E-state index in [0.29, 0.717) is 13.1 Å². The standard InChI is InChI=1S/C13H16BrN3O2/c14-10-4-1-5-11(7-10)16-12(18)9-3-2-6-17(8-9)13(15)19/h1,4-5,7,9H,2-3,6,8H2,(H2,15,19)(H,16,18)/t9-/m1/s1. The van der Waals surface area contributed by atoms with Gasteiger partial charge in [-0.15, -0.1) is 0 Å². The van der Waals surface area contributed by atoms with Crippen LogP contribution in [0.4, 0.5) is 10.5 Å². The van der Waals surface area contributed by atoms with E-state index in [1.165, 1.54) is 4.90 Å². The summed E-state index contributed by atoms with van der Waals surface area (Å²) >= 11 is 3.36. The molecule has 5 nitrogen and oxygen atoms in total. The van der Waals surface area contributed by atoms with Crippen molar-refractivity contribution in [3.63, 3.8) is 0 Å². The maximum atomic E-state index is 12.1. The molecule has 3 amide bonds. The fraction of sp³-hybridized carbons (Fsp3) is 0.385. The molecule has 6 heteroatoms. The van der Waals surface area contributed by atoms with Crippen LogP contribution in [-0.2, 0) is 4.79 Å². The molecule has 19 heavy (non-hydrogen) atoms. The molecular formula is C13H16BrN3O2. The fourth-order valence-electron chi connectivity index (χ4n) is 2.20. The maximum Gasteiger partial charge on any atom is 0.314 e. The third-order valence-electron chi connectivity index (χ3n) is 3.20. The van der Waals surface area contributed by atoms with Crippen LogP contribution in [0.25, 0.3) is 0 Å². The molecule has 0 spiro atoms. The van der Waals surface area contributed by atoms with Crippen LogP contribution in [0.2, 0.25) is 0 Å². The summed E-state index contributed by atoms with van der Waals surface area (Å²) in [5, 5.41) is 2.86. The van der Waals surface area contributed by atoms with Crippen molar-refractivity contribution in [3.05, 3.63) is 28.7 Å². The lowest BCUT2D eigenvalue weighted by Crippen LogP contribution is -2.46. The summed E-state index contributed by atoms with van der Waals surface area (Å²) < 4.78 is 0.910.